The van der Waals surface area contributed by atoms with Gasteiger partial charge in [-0.3, -0.25) is 4.68 Å². The van der Waals surface area contributed by atoms with E-state index in [4.69, 9.17) is 5.32 Å². The zero-order valence-electron chi connectivity index (χ0n) is 29.1. The van der Waals surface area contributed by atoms with Crippen molar-refractivity contribution >= 4 is 5.69 Å². The molecular formula is C44H49N3Zr-. The molecule has 5 aromatic carbocycles. The average Bonchev–Trinajstić information content (AvgIpc) is 3.51. The third kappa shape index (κ3) is 13.8. The van der Waals surface area contributed by atoms with Crippen LogP contribution in [-0.4, -0.2) is 9.78 Å². The van der Waals surface area contributed by atoms with Crippen molar-refractivity contribution in [1.82, 2.24) is 9.78 Å². The monoisotopic (exact) mass is 709 g/mol. The molecule has 0 N–H and O–H groups in total. The van der Waals surface area contributed by atoms with Crippen molar-refractivity contribution in [2.75, 3.05) is 0 Å². The Morgan fingerprint density at radius 1 is 0.521 bits per heavy atom. The van der Waals surface area contributed by atoms with Crippen LogP contribution in [0.3, 0.4) is 0 Å². The summed E-state index contributed by atoms with van der Waals surface area (Å²) in [5.74, 6) is 0.847. The molecule has 0 spiro atoms. The first-order valence-electron chi connectivity index (χ1n) is 16.1. The summed E-state index contributed by atoms with van der Waals surface area (Å²) >= 11 is 0. The van der Waals surface area contributed by atoms with Gasteiger partial charge < -0.3 is 5.32 Å². The third-order valence-electron chi connectivity index (χ3n) is 7.26. The van der Waals surface area contributed by atoms with Crippen LogP contribution in [0.2, 0.25) is 0 Å². The number of nitrogens with zero attached hydrogens (tertiary/aromatic N) is 3. The normalized spacial score (nSPS) is 10.6. The molecule has 1 aromatic heterocycles. The molecule has 1 atom stereocenters. The Morgan fingerprint density at radius 2 is 0.896 bits per heavy atom. The molecule has 0 fully saturated rings. The van der Waals surface area contributed by atoms with Crippen molar-refractivity contribution in [2.45, 2.75) is 45.6 Å². The van der Waals surface area contributed by atoms with Crippen LogP contribution in [0.4, 0.5) is 5.69 Å². The molecule has 3 nitrogen and oxygen atoms in total. The fraction of sp³-hybridized carbons (Fsp3) is 0.182. The zero-order valence-corrected chi connectivity index (χ0v) is 31.6. The van der Waals surface area contributed by atoms with Gasteiger partial charge in [-0.15, -0.1) is 42.1 Å². The van der Waals surface area contributed by atoms with Crippen LogP contribution < -0.4 is 0 Å². The Kier molecular flexibility index (Phi) is 17.8. The van der Waals surface area contributed by atoms with E-state index in [1.165, 1.54) is 16.7 Å². The van der Waals surface area contributed by atoms with E-state index in [0.29, 0.717) is 11.8 Å². The number of aromatic nitrogens is 2. The predicted molar refractivity (Wildman–Crippen MR) is 202 cm³/mol. The molecule has 0 saturated heterocycles. The summed E-state index contributed by atoms with van der Waals surface area (Å²) in [5.41, 5.74) is 9.08. The summed E-state index contributed by atoms with van der Waals surface area (Å²) in [7, 11) is 1.95. The first kappa shape index (κ1) is 39.8. The largest absolute Gasteiger partial charge is 3.00 e. The van der Waals surface area contributed by atoms with Gasteiger partial charge in [-0.1, -0.05) is 111 Å². The smallest absolute Gasteiger partial charge is 0.673 e. The molecule has 6 aromatic rings. The van der Waals surface area contributed by atoms with Crippen LogP contribution in [0.15, 0.2) is 152 Å². The SMILES string of the molecule is CC(C)c1cccc(C(C)C)c1[N-]C(c1ccccc1)c1ccn(C)n1.[CH2-]c1ccccc1.[CH2-]c1ccccc1.[CH2-]c1ccccc1.[Zr+3]. The van der Waals surface area contributed by atoms with Gasteiger partial charge in [-0.25, -0.2) is 0 Å². The van der Waals surface area contributed by atoms with Gasteiger partial charge in [0.15, 0.2) is 0 Å². The standard InChI is InChI=1S/C23H28N3.3C7H7.Zr/c1-16(2)19-12-9-13-20(17(3)4)23(19)24-22(18-10-7-6-8-11-18)21-14-15-26(5)25-21;3*1-7-5-3-2-4-6-7;/h6-17,22H,1-5H3;3*2-6H,1H2;/q4*-1;+3. The molecule has 48 heavy (non-hydrogen) atoms. The summed E-state index contributed by atoms with van der Waals surface area (Å²) in [6.45, 7) is 20.1. The predicted octanol–water partition coefficient (Wildman–Crippen LogP) is 12.1. The molecule has 0 aliphatic heterocycles. The Balaban J connectivity index is 0.000000292. The second kappa shape index (κ2) is 21.5. The quantitative estimate of drug-likeness (QED) is 0.158. The van der Waals surface area contributed by atoms with Crippen molar-refractivity contribution in [3.05, 3.63) is 217 Å². The van der Waals surface area contributed by atoms with Crippen LogP contribution in [0.25, 0.3) is 5.32 Å². The van der Waals surface area contributed by atoms with E-state index in [1.807, 2.05) is 115 Å². The van der Waals surface area contributed by atoms with Crippen molar-refractivity contribution in [3.8, 4) is 0 Å². The third-order valence-corrected chi connectivity index (χ3v) is 7.26. The molecule has 4 heteroatoms. The molecule has 0 bridgehead atoms. The Labute approximate surface area is 309 Å². The van der Waals surface area contributed by atoms with Crippen LogP contribution in [-0.2, 0) is 33.3 Å². The van der Waals surface area contributed by atoms with Gasteiger partial charge >= 0.3 is 26.2 Å². The second-order valence-corrected chi connectivity index (χ2v) is 11.9. The van der Waals surface area contributed by atoms with E-state index in [1.54, 1.807) is 0 Å². The Hall–Kier alpha value is -4.40. The number of benzene rings is 5. The minimum Gasteiger partial charge on any atom is -0.673 e. The van der Waals surface area contributed by atoms with Gasteiger partial charge in [0.1, 0.15) is 0 Å². The molecule has 6 rings (SSSR count). The maximum Gasteiger partial charge on any atom is 3.00 e. The number of rotatable bonds is 6. The molecule has 1 unspecified atom stereocenters. The topological polar surface area (TPSA) is 31.9 Å². The van der Waals surface area contributed by atoms with E-state index < -0.39 is 0 Å². The molecule has 0 aliphatic carbocycles. The van der Waals surface area contributed by atoms with Gasteiger partial charge in [0.25, 0.3) is 0 Å². The molecule has 0 saturated carbocycles. The number of para-hydroxylation sites is 1. The summed E-state index contributed by atoms with van der Waals surface area (Å²) in [6, 6.07) is 48.6. The van der Waals surface area contributed by atoms with Gasteiger partial charge in [-0.2, -0.15) is 79.0 Å². The fourth-order valence-electron chi connectivity index (χ4n) is 4.75. The fourth-order valence-corrected chi connectivity index (χ4v) is 4.75. The van der Waals surface area contributed by atoms with E-state index in [0.717, 1.165) is 28.1 Å². The van der Waals surface area contributed by atoms with E-state index in [2.05, 4.69) is 102 Å². The summed E-state index contributed by atoms with van der Waals surface area (Å²) < 4.78 is 1.85. The average molecular weight is 711 g/mol. The maximum absolute atomic E-state index is 5.28. The van der Waals surface area contributed by atoms with Crippen LogP contribution in [0.5, 0.6) is 0 Å². The van der Waals surface area contributed by atoms with Gasteiger partial charge in [-0.05, 0) is 23.9 Å². The Morgan fingerprint density at radius 3 is 1.19 bits per heavy atom. The van der Waals surface area contributed by atoms with Crippen LogP contribution >= 0.6 is 0 Å². The minimum atomic E-state index is -0.102. The Bertz CT molecular complexity index is 1560. The minimum absolute atomic E-state index is 0. The van der Waals surface area contributed by atoms with Crippen molar-refractivity contribution < 1.29 is 26.2 Å². The van der Waals surface area contributed by atoms with Gasteiger partial charge in [0, 0.05) is 13.2 Å². The number of aryl methyl sites for hydroxylation is 1. The number of hydrogen-bond acceptors (Lipinski definition) is 1. The first-order valence-corrected chi connectivity index (χ1v) is 16.1. The summed E-state index contributed by atoms with van der Waals surface area (Å²) in [6.07, 6.45) is 1.98. The van der Waals surface area contributed by atoms with E-state index in [9.17, 15) is 0 Å². The molecule has 1 radical (unpaired) electrons. The van der Waals surface area contributed by atoms with Crippen LogP contribution in [0.1, 0.15) is 84.6 Å². The van der Waals surface area contributed by atoms with E-state index in [-0.39, 0.29) is 32.2 Å². The second-order valence-electron chi connectivity index (χ2n) is 11.9. The molecular weight excluding hydrogens is 662 g/mol. The van der Waals surface area contributed by atoms with Gasteiger partial charge in [0.2, 0.25) is 0 Å². The zero-order chi connectivity index (χ0) is 34.0. The molecule has 0 aliphatic rings. The molecule has 1 heterocycles. The maximum atomic E-state index is 5.28. The van der Waals surface area contributed by atoms with Crippen molar-refractivity contribution in [3.63, 3.8) is 0 Å². The number of hydrogen-bond donors (Lipinski definition) is 0. The summed E-state index contributed by atoms with van der Waals surface area (Å²) in [4.78, 5) is 0. The van der Waals surface area contributed by atoms with Gasteiger partial charge in [0.05, 0.1) is 5.69 Å². The summed E-state index contributed by atoms with van der Waals surface area (Å²) in [5, 5.41) is 9.93. The van der Waals surface area contributed by atoms with Crippen molar-refractivity contribution in [1.29, 1.82) is 0 Å². The van der Waals surface area contributed by atoms with E-state index >= 15 is 0 Å². The van der Waals surface area contributed by atoms with Crippen molar-refractivity contribution in [2.24, 2.45) is 7.05 Å². The van der Waals surface area contributed by atoms with Crippen LogP contribution in [0, 0.1) is 20.8 Å². The first-order chi connectivity index (χ1) is 22.7. The molecule has 245 valence electrons. The molecule has 0 amide bonds.